The molecule has 0 aliphatic carbocycles. The molecule has 176 valence electrons. The molecule has 4 rings (SSSR count). The Bertz CT molecular complexity index is 1300. The van der Waals surface area contributed by atoms with Crippen molar-refractivity contribution in [2.75, 3.05) is 19.6 Å². The molecule has 0 spiro atoms. The molecule has 1 aliphatic heterocycles. The fourth-order valence-corrected chi connectivity index (χ4v) is 6.37. The highest BCUT2D eigenvalue weighted by Gasteiger charge is 2.35. The minimum atomic E-state index is -4.08. The van der Waals surface area contributed by atoms with E-state index < -0.39 is 14.9 Å². The van der Waals surface area contributed by atoms with Crippen LogP contribution in [0.4, 0.5) is 5.69 Å². The first kappa shape index (κ1) is 23.8. The van der Waals surface area contributed by atoms with Gasteiger partial charge in [0, 0.05) is 30.1 Å². The molecule has 34 heavy (non-hydrogen) atoms. The summed E-state index contributed by atoms with van der Waals surface area (Å²) in [6.45, 7) is 3.67. The molecule has 0 saturated heterocycles. The Kier molecular flexibility index (Phi) is 6.92. The average molecular weight is 498 g/mol. The number of nitro groups is 1. The summed E-state index contributed by atoms with van der Waals surface area (Å²) in [5, 5.41) is 12.9. The van der Waals surface area contributed by atoms with Gasteiger partial charge < -0.3 is 4.90 Å². The zero-order valence-electron chi connectivity index (χ0n) is 18.2. The van der Waals surface area contributed by atoms with Crippen LogP contribution in [-0.2, 0) is 21.2 Å². The summed E-state index contributed by atoms with van der Waals surface area (Å²) in [6, 6.07) is 16.0. The van der Waals surface area contributed by atoms with Crippen LogP contribution in [0.15, 0.2) is 83.6 Å². The Labute approximate surface area is 202 Å². The van der Waals surface area contributed by atoms with Crippen molar-refractivity contribution in [1.29, 1.82) is 0 Å². The Morgan fingerprint density at radius 2 is 1.88 bits per heavy atom. The van der Waals surface area contributed by atoms with Crippen LogP contribution < -0.4 is 0 Å². The third kappa shape index (κ3) is 4.65. The van der Waals surface area contributed by atoms with E-state index in [-0.39, 0.29) is 35.6 Å². The van der Waals surface area contributed by atoms with Crippen molar-refractivity contribution in [3.8, 4) is 0 Å². The number of sulfonamides is 1. The normalized spacial score (nSPS) is 15.7. The molecule has 1 aliphatic rings. The lowest BCUT2D eigenvalue weighted by Gasteiger charge is -2.37. The summed E-state index contributed by atoms with van der Waals surface area (Å²) in [5.41, 5.74) is 1.81. The van der Waals surface area contributed by atoms with Crippen molar-refractivity contribution in [1.82, 2.24) is 9.21 Å². The van der Waals surface area contributed by atoms with Gasteiger partial charge in [0.05, 0.1) is 22.4 Å². The van der Waals surface area contributed by atoms with E-state index in [1.165, 1.54) is 23.1 Å². The topological polar surface area (TPSA) is 101 Å². The minimum absolute atomic E-state index is 0.0708. The van der Waals surface area contributed by atoms with Crippen LogP contribution in [-0.4, -0.2) is 48.1 Å². The molecule has 1 unspecified atom stereocenters. The first-order valence-corrected chi connectivity index (χ1v) is 12.9. The van der Waals surface area contributed by atoms with Gasteiger partial charge in [0.25, 0.3) is 5.69 Å². The van der Waals surface area contributed by atoms with Crippen molar-refractivity contribution in [2.24, 2.45) is 0 Å². The molecule has 0 bridgehead atoms. The van der Waals surface area contributed by atoms with Gasteiger partial charge in [0.2, 0.25) is 15.9 Å². The smallest absolute Gasteiger partial charge is 0.269 e. The standard InChI is InChI=1S/C24H23N3O5S2/c1-2-14-25(34(31,32)20-10-8-19(9-11-20)27(29)30)17-23(28)26-15-12-22-21(13-16-33-22)24(26)18-6-4-3-5-7-18/h2-11,13,16,24H,1,12,14-15,17H2. The first-order chi connectivity index (χ1) is 16.3. The number of amides is 1. The van der Waals surface area contributed by atoms with Gasteiger partial charge in [-0.3, -0.25) is 14.9 Å². The number of nitrogens with zero attached hydrogens (tertiary/aromatic N) is 3. The zero-order chi connectivity index (χ0) is 24.3. The lowest BCUT2D eigenvalue weighted by Crippen LogP contribution is -2.46. The molecule has 8 nitrogen and oxygen atoms in total. The number of nitro benzene ring substituents is 1. The maximum absolute atomic E-state index is 13.5. The van der Waals surface area contributed by atoms with E-state index in [2.05, 4.69) is 6.58 Å². The predicted octanol–water partition coefficient (Wildman–Crippen LogP) is 4.01. The van der Waals surface area contributed by atoms with Crippen molar-refractivity contribution in [2.45, 2.75) is 17.4 Å². The molecule has 1 aromatic heterocycles. The number of hydrogen-bond acceptors (Lipinski definition) is 6. The second-order valence-corrected chi connectivity index (χ2v) is 10.7. The molecule has 2 heterocycles. The van der Waals surface area contributed by atoms with Gasteiger partial charge in [-0.2, -0.15) is 4.31 Å². The molecular weight excluding hydrogens is 474 g/mol. The van der Waals surface area contributed by atoms with Gasteiger partial charge in [-0.1, -0.05) is 36.4 Å². The van der Waals surface area contributed by atoms with Crippen LogP contribution in [0.1, 0.15) is 22.0 Å². The first-order valence-electron chi connectivity index (χ1n) is 10.6. The van der Waals surface area contributed by atoms with Crippen LogP contribution in [0.5, 0.6) is 0 Å². The maximum atomic E-state index is 13.5. The summed E-state index contributed by atoms with van der Waals surface area (Å²) in [4.78, 5) is 26.7. The molecule has 3 aromatic rings. The summed E-state index contributed by atoms with van der Waals surface area (Å²) in [7, 11) is -4.08. The fourth-order valence-electron chi connectivity index (χ4n) is 4.10. The molecule has 1 amide bonds. The molecule has 10 heteroatoms. The quantitative estimate of drug-likeness (QED) is 0.266. The van der Waals surface area contributed by atoms with E-state index in [0.29, 0.717) is 13.0 Å². The Hall–Kier alpha value is -3.34. The number of fused-ring (bicyclic) bond motifs is 1. The van der Waals surface area contributed by atoms with E-state index in [1.54, 1.807) is 16.2 Å². The van der Waals surface area contributed by atoms with Gasteiger partial charge in [-0.05, 0) is 41.1 Å². The number of rotatable bonds is 8. The molecule has 0 saturated carbocycles. The number of thiophene rings is 1. The van der Waals surface area contributed by atoms with E-state index in [9.17, 15) is 23.3 Å². The Morgan fingerprint density at radius 1 is 1.18 bits per heavy atom. The highest BCUT2D eigenvalue weighted by molar-refractivity contribution is 7.89. The van der Waals surface area contributed by atoms with E-state index in [0.717, 1.165) is 27.6 Å². The summed E-state index contributed by atoms with van der Waals surface area (Å²) in [5.74, 6) is -0.321. The van der Waals surface area contributed by atoms with Crippen LogP contribution in [0.25, 0.3) is 0 Å². The third-order valence-electron chi connectivity index (χ3n) is 5.73. The second-order valence-electron chi connectivity index (χ2n) is 7.79. The minimum Gasteiger partial charge on any atom is -0.330 e. The van der Waals surface area contributed by atoms with Crippen molar-refractivity contribution in [3.63, 3.8) is 0 Å². The number of carbonyl (C=O) groups excluding carboxylic acids is 1. The number of benzene rings is 2. The lowest BCUT2D eigenvalue weighted by molar-refractivity contribution is -0.384. The van der Waals surface area contributed by atoms with Crippen LogP contribution >= 0.6 is 11.3 Å². The van der Waals surface area contributed by atoms with Gasteiger partial charge in [-0.25, -0.2) is 8.42 Å². The largest absolute Gasteiger partial charge is 0.330 e. The van der Waals surface area contributed by atoms with Gasteiger partial charge in [0.1, 0.15) is 0 Å². The lowest BCUT2D eigenvalue weighted by atomic mass is 9.93. The fraction of sp³-hybridized carbons (Fsp3) is 0.208. The van der Waals surface area contributed by atoms with Gasteiger partial charge in [0.15, 0.2) is 0 Å². The highest BCUT2D eigenvalue weighted by Crippen LogP contribution is 2.38. The van der Waals surface area contributed by atoms with Crippen LogP contribution in [0.2, 0.25) is 0 Å². The monoisotopic (exact) mass is 497 g/mol. The molecule has 0 fully saturated rings. The van der Waals surface area contributed by atoms with E-state index in [1.807, 2.05) is 41.8 Å². The van der Waals surface area contributed by atoms with Crippen molar-refractivity contribution < 1.29 is 18.1 Å². The third-order valence-corrected chi connectivity index (χ3v) is 8.55. The number of non-ortho nitro benzene ring substituents is 1. The van der Waals surface area contributed by atoms with Gasteiger partial charge in [-0.15, -0.1) is 17.9 Å². The van der Waals surface area contributed by atoms with Crippen molar-refractivity contribution in [3.05, 3.63) is 105 Å². The molecule has 0 radical (unpaired) electrons. The zero-order valence-corrected chi connectivity index (χ0v) is 19.9. The SMILES string of the molecule is C=CCN(CC(=O)N1CCc2sccc2C1c1ccccc1)S(=O)(=O)c1ccc([N+](=O)[O-])cc1. The van der Waals surface area contributed by atoms with Crippen molar-refractivity contribution >= 4 is 33.0 Å². The van der Waals surface area contributed by atoms with Crippen LogP contribution in [0.3, 0.4) is 0 Å². The Morgan fingerprint density at radius 3 is 2.53 bits per heavy atom. The average Bonchev–Trinajstić information content (AvgIpc) is 3.32. The molecular formula is C24H23N3O5S2. The van der Waals surface area contributed by atoms with E-state index in [4.69, 9.17) is 0 Å². The molecule has 0 N–H and O–H groups in total. The van der Waals surface area contributed by atoms with E-state index >= 15 is 0 Å². The highest BCUT2D eigenvalue weighted by atomic mass is 32.2. The predicted molar refractivity (Wildman–Crippen MR) is 130 cm³/mol. The van der Waals surface area contributed by atoms with Gasteiger partial charge >= 0.3 is 0 Å². The van der Waals surface area contributed by atoms with Crippen LogP contribution in [0, 0.1) is 10.1 Å². The second kappa shape index (κ2) is 9.88. The Balaban J connectivity index is 1.63. The summed E-state index contributed by atoms with van der Waals surface area (Å²) < 4.78 is 27.6. The maximum Gasteiger partial charge on any atom is 0.269 e. The number of carbonyl (C=O) groups is 1. The molecule has 2 aromatic carbocycles. The summed E-state index contributed by atoms with van der Waals surface area (Å²) >= 11 is 1.66. The molecule has 1 atom stereocenters. The summed E-state index contributed by atoms with van der Waals surface area (Å²) in [6.07, 6.45) is 2.12. The number of hydrogen-bond donors (Lipinski definition) is 0.